The third-order valence-corrected chi connectivity index (χ3v) is 5.78. The molecule has 3 N–H and O–H groups in total. The molecule has 0 unspecified atom stereocenters. The zero-order valence-corrected chi connectivity index (χ0v) is 19.3. The SMILES string of the molecule is CCNC(=NCc1cccc(S(=O)(=O)NC)c1)NCCC1=CCCCC1.I. The predicted molar refractivity (Wildman–Crippen MR) is 122 cm³/mol. The van der Waals surface area contributed by atoms with E-state index in [9.17, 15) is 8.42 Å². The summed E-state index contributed by atoms with van der Waals surface area (Å²) < 4.78 is 26.2. The maximum Gasteiger partial charge on any atom is 0.240 e. The standard InChI is InChI=1S/C19H30N4O2S.HI/c1-3-21-19(22-13-12-16-8-5-4-6-9-16)23-15-17-10-7-11-18(14-17)26(24,25)20-2;/h7-8,10-11,14,20H,3-6,9,12-13,15H2,1-2H3,(H2,21,22,23);1H. The fraction of sp³-hybridized carbons (Fsp3) is 0.526. The van der Waals surface area contributed by atoms with Crippen molar-refractivity contribution in [3.8, 4) is 0 Å². The van der Waals surface area contributed by atoms with Crippen molar-refractivity contribution in [2.45, 2.75) is 50.5 Å². The highest BCUT2D eigenvalue weighted by Crippen LogP contribution is 2.19. The Hall–Kier alpha value is -1.13. The topological polar surface area (TPSA) is 82.6 Å². The summed E-state index contributed by atoms with van der Waals surface area (Å²) in [6.07, 6.45) is 8.43. The van der Waals surface area contributed by atoms with Gasteiger partial charge in [-0.25, -0.2) is 18.1 Å². The molecule has 1 aliphatic rings. The second kappa shape index (κ2) is 12.4. The first-order valence-corrected chi connectivity index (χ1v) is 10.8. The van der Waals surface area contributed by atoms with Crippen LogP contribution in [0.2, 0.25) is 0 Å². The van der Waals surface area contributed by atoms with E-state index in [0.717, 1.165) is 31.0 Å². The number of halogens is 1. The van der Waals surface area contributed by atoms with Crippen LogP contribution >= 0.6 is 24.0 Å². The minimum atomic E-state index is -3.43. The van der Waals surface area contributed by atoms with Gasteiger partial charge in [-0.2, -0.15) is 0 Å². The first-order valence-electron chi connectivity index (χ1n) is 9.27. The van der Waals surface area contributed by atoms with Crippen molar-refractivity contribution >= 4 is 40.0 Å². The molecule has 1 aromatic carbocycles. The van der Waals surface area contributed by atoms with E-state index in [1.54, 1.807) is 18.2 Å². The number of nitrogens with one attached hydrogen (secondary N) is 3. The van der Waals surface area contributed by atoms with Crippen LogP contribution < -0.4 is 15.4 Å². The van der Waals surface area contributed by atoms with Gasteiger partial charge in [-0.15, -0.1) is 24.0 Å². The van der Waals surface area contributed by atoms with Gasteiger partial charge in [0, 0.05) is 13.1 Å². The molecule has 0 spiro atoms. The number of aliphatic imine (C=N–C) groups is 1. The Morgan fingerprint density at radius 3 is 2.70 bits per heavy atom. The quantitative estimate of drug-likeness (QED) is 0.219. The molecule has 0 aromatic heterocycles. The van der Waals surface area contributed by atoms with Gasteiger partial charge < -0.3 is 10.6 Å². The van der Waals surface area contributed by atoms with Crippen molar-refractivity contribution in [1.29, 1.82) is 0 Å². The van der Waals surface area contributed by atoms with Gasteiger partial charge in [0.25, 0.3) is 0 Å². The third kappa shape index (κ3) is 8.18. The summed E-state index contributed by atoms with van der Waals surface area (Å²) in [4.78, 5) is 4.83. The van der Waals surface area contributed by atoms with E-state index in [0.29, 0.717) is 6.54 Å². The lowest BCUT2D eigenvalue weighted by molar-refractivity contribution is 0.588. The molecule has 0 aliphatic heterocycles. The summed E-state index contributed by atoms with van der Waals surface area (Å²) in [5, 5.41) is 6.60. The van der Waals surface area contributed by atoms with Crippen LogP contribution in [0.15, 0.2) is 45.8 Å². The maximum atomic E-state index is 11.9. The van der Waals surface area contributed by atoms with Gasteiger partial charge in [-0.05, 0) is 63.8 Å². The van der Waals surface area contributed by atoms with Crippen molar-refractivity contribution in [2.75, 3.05) is 20.1 Å². The van der Waals surface area contributed by atoms with E-state index in [4.69, 9.17) is 0 Å². The van der Waals surface area contributed by atoms with Gasteiger partial charge in [-0.1, -0.05) is 23.8 Å². The molecular weight excluding hydrogens is 475 g/mol. The highest BCUT2D eigenvalue weighted by atomic mass is 127. The van der Waals surface area contributed by atoms with Crippen LogP contribution in [0, 0.1) is 0 Å². The minimum absolute atomic E-state index is 0. The number of sulfonamides is 1. The van der Waals surface area contributed by atoms with Crippen LogP contribution in [0.4, 0.5) is 0 Å². The van der Waals surface area contributed by atoms with E-state index < -0.39 is 10.0 Å². The Morgan fingerprint density at radius 1 is 1.22 bits per heavy atom. The van der Waals surface area contributed by atoms with Crippen LogP contribution in [0.5, 0.6) is 0 Å². The molecule has 0 saturated heterocycles. The lowest BCUT2D eigenvalue weighted by Crippen LogP contribution is -2.37. The summed E-state index contributed by atoms with van der Waals surface area (Å²) in [5.41, 5.74) is 2.39. The lowest BCUT2D eigenvalue weighted by Gasteiger charge is -2.15. The largest absolute Gasteiger partial charge is 0.357 e. The van der Waals surface area contributed by atoms with Gasteiger partial charge in [0.15, 0.2) is 5.96 Å². The van der Waals surface area contributed by atoms with Gasteiger partial charge in [0.05, 0.1) is 11.4 Å². The lowest BCUT2D eigenvalue weighted by atomic mass is 9.97. The molecule has 0 bridgehead atoms. The van der Waals surface area contributed by atoms with E-state index >= 15 is 0 Å². The zero-order valence-electron chi connectivity index (χ0n) is 16.1. The molecule has 0 fully saturated rings. The minimum Gasteiger partial charge on any atom is -0.357 e. The second-order valence-corrected chi connectivity index (χ2v) is 8.22. The van der Waals surface area contributed by atoms with Gasteiger partial charge in [-0.3, -0.25) is 0 Å². The summed E-state index contributed by atoms with van der Waals surface area (Å²) in [6.45, 7) is 4.08. The molecule has 0 saturated carbocycles. The molecule has 0 amide bonds. The van der Waals surface area contributed by atoms with E-state index in [2.05, 4.69) is 26.4 Å². The second-order valence-electron chi connectivity index (χ2n) is 6.34. The predicted octanol–water partition coefficient (Wildman–Crippen LogP) is 3.16. The van der Waals surface area contributed by atoms with Crippen LogP contribution in [-0.4, -0.2) is 34.5 Å². The first-order chi connectivity index (χ1) is 12.5. The fourth-order valence-corrected chi connectivity index (χ4v) is 3.71. The summed E-state index contributed by atoms with van der Waals surface area (Å²) in [5.74, 6) is 0.755. The Labute approximate surface area is 180 Å². The Bertz CT molecular complexity index is 748. The average Bonchev–Trinajstić information content (AvgIpc) is 2.67. The molecule has 0 heterocycles. The number of guanidine groups is 1. The summed E-state index contributed by atoms with van der Waals surface area (Å²) in [7, 11) is -2.02. The van der Waals surface area contributed by atoms with Crippen LogP contribution in [0.1, 0.15) is 44.6 Å². The number of benzene rings is 1. The Kier molecular flexibility index (Phi) is 10.9. The first kappa shape index (κ1) is 23.9. The highest BCUT2D eigenvalue weighted by molar-refractivity contribution is 14.0. The fourth-order valence-electron chi connectivity index (χ4n) is 2.91. The molecule has 0 radical (unpaired) electrons. The smallest absolute Gasteiger partial charge is 0.240 e. The monoisotopic (exact) mass is 506 g/mol. The molecule has 6 nitrogen and oxygen atoms in total. The normalized spacial score (nSPS) is 14.9. The van der Waals surface area contributed by atoms with E-state index in [1.807, 2.05) is 13.0 Å². The molecule has 8 heteroatoms. The number of nitrogens with zero attached hydrogens (tertiary/aromatic N) is 1. The number of rotatable bonds is 8. The highest BCUT2D eigenvalue weighted by Gasteiger charge is 2.11. The van der Waals surface area contributed by atoms with Crippen LogP contribution in [0.25, 0.3) is 0 Å². The van der Waals surface area contributed by atoms with Crippen LogP contribution in [0.3, 0.4) is 0 Å². The number of allylic oxidation sites excluding steroid dienone is 1. The molecule has 2 rings (SSSR count). The summed E-state index contributed by atoms with van der Waals surface area (Å²) in [6, 6.07) is 6.87. The third-order valence-electron chi connectivity index (χ3n) is 4.37. The molecule has 0 atom stereocenters. The van der Waals surface area contributed by atoms with Crippen molar-refractivity contribution < 1.29 is 8.42 Å². The van der Waals surface area contributed by atoms with Gasteiger partial charge >= 0.3 is 0 Å². The van der Waals surface area contributed by atoms with E-state index in [1.165, 1.54) is 38.3 Å². The number of hydrogen-bond donors (Lipinski definition) is 3. The van der Waals surface area contributed by atoms with Crippen LogP contribution in [-0.2, 0) is 16.6 Å². The van der Waals surface area contributed by atoms with Gasteiger partial charge in [0.1, 0.15) is 0 Å². The Morgan fingerprint density at radius 2 is 2.04 bits per heavy atom. The number of hydrogen-bond acceptors (Lipinski definition) is 3. The van der Waals surface area contributed by atoms with E-state index in [-0.39, 0.29) is 28.9 Å². The molecule has 1 aromatic rings. The molecular formula is C19H31IN4O2S. The van der Waals surface area contributed by atoms with Crippen molar-refractivity contribution in [3.63, 3.8) is 0 Å². The molecule has 27 heavy (non-hydrogen) atoms. The maximum absolute atomic E-state index is 11.9. The van der Waals surface area contributed by atoms with Crippen molar-refractivity contribution in [2.24, 2.45) is 4.99 Å². The zero-order chi connectivity index (χ0) is 18.8. The summed E-state index contributed by atoms with van der Waals surface area (Å²) >= 11 is 0. The molecule has 152 valence electrons. The molecule has 1 aliphatic carbocycles. The van der Waals surface area contributed by atoms with Crippen molar-refractivity contribution in [3.05, 3.63) is 41.5 Å². The average molecular weight is 506 g/mol. The Balaban J connectivity index is 0.00000364. The van der Waals surface area contributed by atoms with Crippen molar-refractivity contribution in [1.82, 2.24) is 15.4 Å². The van der Waals surface area contributed by atoms with Gasteiger partial charge in [0.2, 0.25) is 10.0 Å².